The molecule has 1 aliphatic rings. The van der Waals surface area contributed by atoms with Crippen LogP contribution in [0.3, 0.4) is 0 Å². The molecule has 100 valence electrons. The summed E-state index contributed by atoms with van der Waals surface area (Å²) in [6.45, 7) is 8.11. The molecule has 1 heterocycles. The van der Waals surface area contributed by atoms with Crippen molar-refractivity contribution in [2.45, 2.75) is 52.1 Å². The summed E-state index contributed by atoms with van der Waals surface area (Å²) in [5.74, 6) is 0.664. The SMILES string of the molecule is CCC(CCO)CN1CCC(NC(C)C)C1=O. The fraction of sp³-hybridized carbons (Fsp3) is 0.923. The zero-order chi connectivity index (χ0) is 12.8. The second-order valence-corrected chi connectivity index (χ2v) is 5.23. The quantitative estimate of drug-likeness (QED) is 0.700. The minimum absolute atomic E-state index is 0.00151. The minimum atomic E-state index is 0.00151. The number of amides is 1. The lowest BCUT2D eigenvalue weighted by molar-refractivity contribution is -0.130. The molecule has 0 aromatic rings. The van der Waals surface area contributed by atoms with Gasteiger partial charge in [-0.2, -0.15) is 0 Å². The summed E-state index contributed by atoms with van der Waals surface area (Å²) in [5, 5.41) is 12.3. The molecule has 0 radical (unpaired) electrons. The number of hydrogen-bond donors (Lipinski definition) is 2. The molecule has 4 nitrogen and oxygen atoms in total. The van der Waals surface area contributed by atoms with Gasteiger partial charge in [0.1, 0.15) is 0 Å². The summed E-state index contributed by atoms with van der Waals surface area (Å²) < 4.78 is 0. The van der Waals surface area contributed by atoms with Gasteiger partial charge in [-0.05, 0) is 18.8 Å². The Labute approximate surface area is 104 Å². The van der Waals surface area contributed by atoms with E-state index in [0.29, 0.717) is 12.0 Å². The van der Waals surface area contributed by atoms with Crippen molar-refractivity contribution in [3.63, 3.8) is 0 Å². The maximum Gasteiger partial charge on any atom is 0.239 e. The Balaban J connectivity index is 2.43. The van der Waals surface area contributed by atoms with Crippen molar-refractivity contribution in [3.05, 3.63) is 0 Å². The molecule has 1 amide bonds. The van der Waals surface area contributed by atoms with E-state index < -0.39 is 0 Å². The van der Waals surface area contributed by atoms with Crippen LogP contribution in [0.1, 0.15) is 40.0 Å². The van der Waals surface area contributed by atoms with E-state index in [0.717, 1.165) is 32.4 Å². The van der Waals surface area contributed by atoms with Gasteiger partial charge in [-0.3, -0.25) is 4.79 Å². The van der Waals surface area contributed by atoms with Crippen molar-refractivity contribution < 1.29 is 9.90 Å². The van der Waals surface area contributed by atoms with Gasteiger partial charge in [0.05, 0.1) is 6.04 Å². The fourth-order valence-electron chi connectivity index (χ4n) is 2.40. The van der Waals surface area contributed by atoms with Crippen LogP contribution in [0.5, 0.6) is 0 Å². The standard InChI is InChI=1S/C13H26N2O2/c1-4-11(6-8-16)9-15-7-5-12(13(15)17)14-10(2)3/h10-12,14,16H,4-9H2,1-3H3. The van der Waals surface area contributed by atoms with E-state index in [1.165, 1.54) is 0 Å². The molecule has 0 saturated carbocycles. The second-order valence-electron chi connectivity index (χ2n) is 5.23. The number of aliphatic hydroxyl groups excluding tert-OH is 1. The molecule has 2 atom stereocenters. The van der Waals surface area contributed by atoms with Crippen molar-refractivity contribution >= 4 is 5.91 Å². The van der Waals surface area contributed by atoms with Crippen LogP contribution in [0.15, 0.2) is 0 Å². The monoisotopic (exact) mass is 242 g/mol. The molecule has 0 bridgehead atoms. The molecule has 1 rings (SSSR count). The number of aliphatic hydroxyl groups is 1. The second kappa shape index (κ2) is 6.97. The average molecular weight is 242 g/mol. The molecule has 1 fully saturated rings. The van der Waals surface area contributed by atoms with Gasteiger partial charge < -0.3 is 15.3 Å². The normalized spacial score (nSPS) is 22.5. The summed E-state index contributed by atoms with van der Waals surface area (Å²) >= 11 is 0. The molecule has 2 unspecified atom stereocenters. The van der Waals surface area contributed by atoms with Gasteiger partial charge in [0, 0.05) is 25.7 Å². The molecular formula is C13H26N2O2. The van der Waals surface area contributed by atoms with Crippen molar-refractivity contribution in [3.8, 4) is 0 Å². The first-order chi connectivity index (χ1) is 8.08. The Morgan fingerprint density at radius 2 is 2.24 bits per heavy atom. The predicted molar refractivity (Wildman–Crippen MR) is 68.7 cm³/mol. The van der Waals surface area contributed by atoms with E-state index in [9.17, 15) is 4.79 Å². The average Bonchev–Trinajstić information content (AvgIpc) is 2.60. The van der Waals surface area contributed by atoms with Crippen LogP contribution in [0, 0.1) is 5.92 Å². The number of hydrogen-bond acceptors (Lipinski definition) is 3. The van der Waals surface area contributed by atoms with Crippen molar-refractivity contribution in [1.82, 2.24) is 10.2 Å². The molecule has 1 aliphatic heterocycles. The molecule has 0 aromatic heterocycles. The maximum absolute atomic E-state index is 12.1. The highest BCUT2D eigenvalue weighted by molar-refractivity contribution is 5.84. The van der Waals surface area contributed by atoms with Crippen LogP contribution in [0.2, 0.25) is 0 Å². The predicted octanol–water partition coefficient (Wildman–Crippen LogP) is 0.994. The van der Waals surface area contributed by atoms with Gasteiger partial charge in [-0.15, -0.1) is 0 Å². The lowest BCUT2D eigenvalue weighted by Gasteiger charge is -2.23. The summed E-state index contributed by atoms with van der Waals surface area (Å²) in [6.07, 6.45) is 2.72. The third-order valence-electron chi connectivity index (χ3n) is 3.43. The molecular weight excluding hydrogens is 216 g/mol. The highest BCUT2D eigenvalue weighted by Crippen LogP contribution is 2.17. The zero-order valence-electron chi connectivity index (χ0n) is 11.3. The number of nitrogens with zero attached hydrogens (tertiary/aromatic N) is 1. The summed E-state index contributed by atoms with van der Waals surface area (Å²) in [4.78, 5) is 14.0. The van der Waals surface area contributed by atoms with E-state index in [-0.39, 0.29) is 18.6 Å². The van der Waals surface area contributed by atoms with Crippen molar-refractivity contribution in [1.29, 1.82) is 0 Å². The summed E-state index contributed by atoms with van der Waals surface area (Å²) in [6, 6.07) is 0.352. The van der Waals surface area contributed by atoms with Gasteiger partial charge in [0.2, 0.25) is 5.91 Å². The first kappa shape index (κ1) is 14.5. The number of nitrogens with one attached hydrogen (secondary N) is 1. The van der Waals surface area contributed by atoms with Gasteiger partial charge in [-0.1, -0.05) is 27.2 Å². The molecule has 2 N–H and O–H groups in total. The van der Waals surface area contributed by atoms with Gasteiger partial charge in [-0.25, -0.2) is 0 Å². The number of likely N-dealkylation sites (tertiary alicyclic amines) is 1. The number of carbonyl (C=O) groups is 1. The van der Waals surface area contributed by atoms with Gasteiger partial charge in [0.25, 0.3) is 0 Å². The Kier molecular flexibility index (Phi) is 5.92. The fourth-order valence-corrected chi connectivity index (χ4v) is 2.40. The molecule has 0 aliphatic carbocycles. The highest BCUT2D eigenvalue weighted by Gasteiger charge is 2.32. The Bertz CT molecular complexity index is 244. The van der Waals surface area contributed by atoms with Crippen LogP contribution >= 0.6 is 0 Å². The van der Waals surface area contributed by atoms with E-state index in [1.807, 2.05) is 4.90 Å². The molecule has 1 saturated heterocycles. The lowest BCUT2D eigenvalue weighted by Crippen LogP contribution is -2.42. The number of rotatable bonds is 7. The molecule has 0 aromatic carbocycles. The molecule has 0 spiro atoms. The van der Waals surface area contributed by atoms with Crippen LogP contribution in [-0.4, -0.2) is 47.7 Å². The third kappa shape index (κ3) is 4.28. The van der Waals surface area contributed by atoms with Gasteiger partial charge >= 0.3 is 0 Å². The highest BCUT2D eigenvalue weighted by atomic mass is 16.3. The topological polar surface area (TPSA) is 52.6 Å². The first-order valence-corrected chi connectivity index (χ1v) is 6.74. The smallest absolute Gasteiger partial charge is 0.239 e. The first-order valence-electron chi connectivity index (χ1n) is 6.74. The van der Waals surface area contributed by atoms with Crippen molar-refractivity contribution in [2.75, 3.05) is 19.7 Å². The largest absolute Gasteiger partial charge is 0.396 e. The van der Waals surface area contributed by atoms with Crippen LogP contribution < -0.4 is 5.32 Å². The van der Waals surface area contributed by atoms with E-state index in [1.54, 1.807) is 0 Å². The van der Waals surface area contributed by atoms with Crippen LogP contribution in [-0.2, 0) is 4.79 Å². The van der Waals surface area contributed by atoms with E-state index >= 15 is 0 Å². The summed E-state index contributed by atoms with van der Waals surface area (Å²) in [7, 11) is 0. The van der Waals surface area contributed by atoms with Gasteiger partial charge in [0.15, 0.2) is 0 Å². The lowest BCUT2D eigenvalue weighted by atomic mass is 10.0. The van der Waals surface area contributed by atoms with E-state index in [2.05, 4.69) is 26.1 Å². The van der Waals surface area contributed by atoms with Crippen molar-refractivity contribution in [2.24, 2.45) is 5.92 Å². The molecule has 4 heteroatoms. The minimum Gasteiger partial charge on any atom is -0.396 e. The van der Waals surface area contributed by atoms with Crippen LogP contribution in [0.25, 0.3) is 0 Å². The Hall–Kier alpha value is -0.610. The van der Waals surface area contributed by atoms with E-state index in [4.69, 9.17) is 5.11 Å². The molecule has 17 heavy (non-hydrogen) atoms. The summed E-state index contributed by atoms with van der Waals surface area (Å²) in [5.41, 5.74) is 0. The zero-order valence-corrected chi connectivity index (χ0v) is 11.3. The number of carbonyl (C=O) groups excluding carboxylic acids is 1. The Morgan fingerprint density at radius 1 is 1.53 bits per heavy atom. The Morgan fingerprint density at radius 3 is 2.76 bits per heavy atom. The third-order valence-corrected chi connectivity index (χ3v) is 3.43. The van der Waals surface area contributed by atoms with Crippen LogP contribution in [0.4, 0.5) is 0 Å². The maximum atomic E-state index is 12.1.